The molecule has 2 amide bonds. The zero-order valence-corrected chi connectivity index (χ0v) is 23.4. The molecule has 3 N–H and O–H groups in total. The van der Waals surface area contributed by atoms with Gasteiger partial charge in [-0.05, 0) is 60.5 Å². The summed E-state index contributed by atoms with van der Waals surface area (Å²) < 4.78 is 0. The Morgan fingerprint density at radius 2 is 1.79 bits per heavy atom. The third-order valence-electron chi connectivity index (χ3n) is 6.32. The minimum Gasteiger partial charge on any atom is -0.353 e. The summed E-state index contributed by atoms with van der Waals surface area (Å²) in [6.45, 7) is 8.02. The lowest BCUT2D eigenvalue weighted by Crippen LogP contribution is -2.31. The second-order valence-corrected chi connectivity index (χ2v) is 11.3. The lowest BCUT2D eigenvalue weighted by molar-refractivity contribution is -0.114. The molecule has 0 aliphatic carbocycles. The molecule has 2 aromatic carbocycles. The molecule has 2 heterocycles. The van der Waals surface area contributed by atoms with Gasteiger partial charge in [-0.25, -0.2) is 0 Å². The summed E-state index contributed by atoms with van der Waals surface area (Å²) in [5.41, 5.74) is 5.18. The Morgan fingerprint density at radius 1 is 1.05 bits per heavy atom. The Morgan fingerprint density at radius 3 is 2.42 bits per heavy atom. The first-order chi connectivity index (χ1) is 18.3. The minimum atomic E-state index is -0.528. The number of dihydropyridines is 1. The van der Waals surface area contributed by atoms with Crippen molar-refractivity contribution in [2.75, 3.05) is 16.4 Å². The number of hydrogen-bond acceptors (Lipinski definition) is 6. The zero-order valence-electron chi connectivity index (χ0n) is 21.8. The van der Waals surface area contributed by atoms with Gasteiger partial charge in [-0.1, -0.05) is 62.0 Å². The Balaban J connectivity index is 1.55. The molecule has 6 nitrogen and oxygen atoms in total. The molecule has 8 heteroatoms. The zero-order chi connectivity index (χ0) is 27.2. The van der Waals surface area contributed by atoms with Crippen LogP contribution >= 0.6 is 23.1 Å². The lowest BCUT2D eigenvalue weighted by atomic mass is 9.86. The Bertz CT molecular complexity index is 1430. The summed E-state index contributed by atoms with van der Waals surface area (Å²) in [6.07, 6.45) is 0. The summed E-state index contributed by atoms with van der Waals surface area (Å²) in [5, 5.41) is 21.9. The predicted octanol–water partition coefficient (Wildman–Crippen LogP) is 6.89. The van der Waals surface area contributed by atoms with Crippen LogP contribution in [0.15, 0.2) is 87.9 Å². The van der Waals surface area contributed by atoms with Crippen molar-refractivity contribution in [3.63, 3.8) is 0 Å². The number of anilines is 2. The van der Waals surface area contributed by atoms with E-state index in [0.717, 1.165) is 21.8 Å². The molecule has 194 valence electrons. The van der Waals surface area contributed by atoms with Crippen LogP contribution in [-0.2, 0) is 9.59 Å². The highest BCUT2D eigenvalue weighted by Crippen LogP contribution is 2.42. The largest absolute Gasteiger partial charge is 0.353 e. The Hall–Kier alpha value is -3.80. The van der Waals surface area contributed by atoms with Crippen molar-refractivity contribution in [3.05, 3.63) is 104 Å². The van der Waals surface area contributed by atoms with E-state index >= 15 is 0 Å². The van der Waals surface area contributed by atoms with E-state index in [1.165, 1.54) is 28.7 Å². The SMILES string of the molecule is CC1=C(C(=O)Nc2ccccc2C)[C@H](c2cccs2)C(C#N)=C(SCC(=O)Nc2ccc(C(C)C)cc2)N1. The van der Waals surface area contributed by atoms with Crippen LogP contribution < -0.4 is 16.0 Å². The molecule has 3 aromatic rings. The standard InChI is InChI=1S/C30H30N4O2S2/c1-18(2)21-11-13-22(14-12-21)33-26(35)17-38-30-23(16-31)28(25-10-7-15-37-25)27(20(4)32-30)29(36)34-24-9-6-5-8-19(24)3/h5-15,18,28,32H,17H2,1-4H3,(H,33,35)(H,34,36)/t28-/m0/s1. The maximum Gasteiger partial charge on any atom is 0.254 e. The van der Waals surface area contributed by atoms with Crippen LogP contribution in [0.25, 0.3) is 0 Å². The lowest BCUT2D eigenvalue weighted by Gasteiger charge is -2.29. The first-order valence-corrected chi connectivity index (χ1v) is 14.2. The third kappa shape index (κ3) is 6.18. The van der Waals surface area contributed by atoms with Crippen LogP contribution in [0.4, 0.5) is 11.4 Å². The Kier molecular flexibility index (Phi) is 8.72. The van der Waals surface area contributed by atoms with Gasteiger partial charge in [0.2, 0.25) is 5.91 Å². The van der Waals surface area contributed by atoms with E-state index in [-0.39, 0.29) is 17.6 Å². The highest BCUT2D eigenvalue weighted by Gasteiger charge is 2.35. The number of carbonyl (C=O) groups excluding carboxylic acids is 2. The molecule has 1 aliphatic rings. The predicted molar refractivity (Wildman–Crippen MR) is 157 cm³/mol. The van der Waals surface area contributed by atoms with E-state index in [2.05, 4.69) is 35.9 Å². The van der Waals surface area contributed by atoms with Crippen LogP contribution in [0.3, 0.4) is 0 Å². The fraction of sp³-hybridized carbons (Fsp3) is 0.233. The number of thioether (sulfide) groups is 1. The summed E-state index contributed by atoms with van der Waals surface area (Å²) in [6, 6.07) is 21.6. The van der Waals surface area contributed by atoms with Gasteiger partial charge >= 0.3 is 0 Å². The number of benzene rings is 2. The van der Waals surface area contributed by atoms with Crippen LogP contribution in [0.5, 0.6) is 0 Å². The van der Waals surface area contributed by atoms with E-state index in [1.807, 2.05) is 79.9 Å². The van der Waals surface area contributed by atoms with Crippen molar-refractivity contribution in [2.45, 2.75) is 39.5 Å². The van der Waals surface area contributed by atoms with Crippen molar-refractivity contribution in [2.24, 2.45) is 0 Å². The van der Waals surface area contributed by atoms with Gasteiger partial charge in [0.05, 0.1) is 28.3 Å². The summed E-state index contributed by atoms with van der Waals surface area (Å²) in [7, 11) is 0. The van der Waals surface area contributed by atoms with Gasteiger partial charge in [0.15, 0.2) is 0 Å². The quantitative estimate of drug-likeness (QED) is 0.288. The fourth-order valence-corrected chi connectivity index (χ4v) is 5.99. The van der Waals surface area contributed by atoms with Crippen LogP contribution in [0.1, 0.15) is 48.6 Å². The summed E-state index contributed by atoms with van der Waals surface area (Å²) >= 11 is 2.76. The maximum absolute atomic E-state index is 13.5. The number of allylic oxidation sites excluding steroid dienone is 2. The highest BCUT2D eigenvalue weighted by atomic mass is 32.2. The van der Waals surface area contributed by atoms with E-state index in [4.69, 9.17) is 0 Å². The minimum absolute atomic E-state index is 0.120. The Labute approximate surface area is 231 Å². The molecule has 0 fully saturated rings. The molecule has 0 bridgehead atoms. The molecule has 0 saturated heterocycles. The van der Waals surface area contributed by atoms with Crippen molar-refractivity contribution >= 4 is 46.3 Å². The number of nitriles is 1. The normalized spacial score (nSPS) is 15.2. The van der Waals surface area contributed by atoms with Crippen molar-refractivity contribution in [1.29, 1.82) is 5.26 Å². The van der Waals surface area contributed by atoms with Gasteiger partial charge in [-0.2, -0.15) is 5.26 Å². The number of thiophene rings is 1. The number of nitrogens with zero attached hydrogens (tertiary/aromatic N) is 1. The smallest absolute Gasteiger partial charge is 0.254 e. The summed E-state index contributed by atoms with van der Waals surface area (Å²) in [5.74, 6) is -0.424. The summed E-state index contributed by atoms with van der Waals surface area (Å²) in [4.78, 5) is 27.2. The average molecular weight is 543 g/mol. The molecule has 0 saturated carbocycles. The maximum atomic E-state index is 13.5. The number of nitrogens with one attached hydrogen (secondary N) is 3. The topological polar surface area (TPSA) is 94.0 Å². The van der Waals surface area contributed by atoms with Gasteiger partial charge in [0, 0.05) is 27.5 Å². The molecule has 0 unspecified atom stereocenters. The molecule has 38 heavy (non-hydrogen) atoms. The monoisotopic (exact) mass is 542 g/mol. The van der Waals surface area contributed by atoms with Gasteiger partial charge in [-0.15, -0.1) is 11.3 Å². The van der Waals surface area contributed by atoms with Crippen molar-refractivity contribution < 1.29 is 9.59 Å². The second kappa shape index (κ2) is 12.2. The number of rotatable bonds is 8. The first-order valence-electron chi connectivity index (χ1n) is 12.3. The number of aryl methyl sites for hydroxylation is 1. The van der Waals surface area contributed by atoms with Gasteiger partial charge in [0.25, 0.3) is 5.91 Å². The van der Waals surface area contributed by atoms with Crippen LogP contribution in [-0.4, -0.2) is 17.6 Å². The van der Waals surface area contributed by atoms with E-state index < -0.39 is 5.92 Å². The fourth-order valence-electron chi connectivity index (χ4n) is 4.26. The molecule has 0 spiro atoms. The van der Waals surface area contributed by atoms with Crippen molar-refractivity contribution in [3.8, 4) is 6.07 Å². The van der Waals surface area contributed by atoms with Crippen LogP contribution in [0.2, 0.25) is 0 Å². The molecular weight excluding hydrogens is 512 g/mol. The van der Waals surface area contributed by atoms with Gasteiger partial charge in [0.1, 0.15) is 0 Å². The number of hydrogen-bond donors (Lipinski definition) is 3. The first kappa shape index (κ1) is 27.2. The van der Waals surface area contributed by atoms with Crippen LogP contribution in [0, 0.1) is 18.3 Å². The van der Waals surface area contributed by atoms with E-state index in [0.29, 0.717) is 27.8 Å². The molecular formula is C30H30N4O2S2. The average Bonchev–Trinajstić information content (AvgIpc) is 3.43. The molecule has 1 aromatic heterocycles. The molecule has 0 radical (unpaired) electrons. The molecule has 4 rings (SSSR count). The van der Waals surface area contributed by atoms with E-state index in [1.54, 1.807) is 0 Å². The number of carbonyl (C=O) groups is 2. The number of para-hydroxylation sites is 1. The molecule has 1 atom stereocenters. The van der Waals surface area contributed by atoms with Crippen molar-refractivity contribution in [1.82, 2.24) is 5.32 Å². The van der Waals surface area contributed by atoms with E-state index in [9.17, 15) is 14.9 Å². The third-order valence-corrected chi connectivity index (χ3v) is 8.28. The van der Waals surface area contributed by atoms with Gasteiger partial charge < -0.3 is 16.0 Å². The highest BCUT2D eigenvalue weighted by molar-refractivity contribution is 8.03. The molecule has 1 aliphatic heterocycles. The second-order valence-electron chi connectivity index (χ2n) is 9.35. The van der Waals surface area contributed by atoms with Gasteiger partial charge in [-0.3, -0.25) is 9.59 Å². The number of amides is 2.